The average Bonchev–Trinajstić information content (AvgIpc) is 3.44. The molecule has 1 aliphatic heterocycles. The molecule has 0 aromatic heterocycles. The lowest BCUT2D eigenvalue weighted by molar-refractivity contribution is -0.853. The van der Waals surface area contributed by atoms with Gasteiger partial charge in [0.25, 0.3) is 0 Å². The average molecular weight is 562 g/mol. The van der Waals surface area contributed by atoms with Crippen molar-refractivity contribution in [2.75, 3.05) is 33.4 Å². The number of epoxide rings is 1. The molecule has 1 spiro atoms. The molecule has 230 valence electrons. The lowest BCUT2D eigenvalue weighted by Crippen LogP contribution is -2.59. The molecule has 5 rings (SSSR count). The number of hydrogen-bond acceptors (Lipinski definition) is 5. The fourth-order valence-corrected chi connectivity index (χ4v) is 10.8. The monoisotopic (exact) mass is 561 g/mol. The van der Waals surface area contributed by atoms with Crippen LogP contribution in [0.1, 0.15) is 112 Å². The van der Waals surface area contributed by atoms with Gasteiger partial charge >= 0.3 is 5.97 Å². The van der Waals surface area contributed by atoms with Crippen LogP contribution in [-0.2, 0) is 19.0 Å². The Hall–Kier alpha value is -0.690. The van der Waals surface area contributed by atoms with Gasteiger partial charge in [0.1, 0.15) is 12.1 Å². The van der Waals surface area contributed by atoms with Crippen molar-refractivity contribution in [1.82, 2.24) is 0 Å². The van der Waals surface area contributed by atoms with Crippen molar-refractivity contribution in [3.05, 3.63) is 5.21 Å². The van der Waals surface area contributed by atoms with E-state index in [2.05, 4.69) is 34.6 Å². The van der Waals surface area contributed by atoms with Crippen molar-refractivity contribution >= 4 is 5.97 Å². The minimum atomic E-state index is -0.644. The molecular weight excluding hydrogens is 502 g/mol. The highest BCUT2D eigenvalue weighted by molar-refractivity contribution is 5.70. The number of likely N-dealkylation sites (N-methyl/N-ethyl adjacent to an activating group) is 1. The summed E-state index contributed by atoms with van der Waals surface area (Å²) in [5.41, 5.74) is 0.736. The number of hydrogen-bond donors (Lipinski definition) is 0. The van der Waals surface area contributed by atoms with Gasteiger partial charge in [-0.1, -0.05) is 53.9 Å². The van der Waals surface area contributed by atoms with Crippen LogP contribution >= 0.6 is 0 Å². The van der Waals surface area contributed by atoms with Crippen LogP contribution in [0.3, 0.4) is 0 Å². The molecule has 0 radical (unpaired) electrons. The van der Waals surface area contributed by atoms with Gasteiger partial charge in [0, 0.05) is 11.8 Å². The van der Waals surface area contributed by atoms with E-state index in [0.29, 0.717) is 24.7 Å². The number of quaternary nitrogens is 1. The number of rotatable bonds is 12. The Morgan fingerprint density at radius 1 is 1.07 bits per heavy atom. The van der Waals surface area contributed by atoms with Crippen molar-refractivity contribution in [2.45, 2.75) is 130 Å². The summed E-state index contributed by atoms with van der Waals surface area (Å²) in [6.45, 7) is 15.1. The third-order valence-corrected chi connectivity index (χ3v) is 12.9. The van der Waals surface area contributed by atoms with Gasteiger partial charge in [-0.15, -0.1) is 0 Å². The van der Waals surface area contributed by atoms with Crippen LogP contribution < -0.4 is 0 Å². The summed E-state index contributed by atoms with van der Waals surface area (Å²) in [6.07, 6.45) is 14.8. The zero-order chi connectivity index (χ0) is 28.9. The van der Waals surface area contributed by atoms with E-state index in [0.717, 1.165) is 48.3 Å². The van der Waals surface area contributed by atoms with Crippen molar-refractivity contribution in [3.63, 3.8) is 0 Å². The van der Waals surface area contributed by atoms with E-state index < -0.39 is 10.6 Å². The summed E-state index contributed by atoms with van der Waals surface area (Å²) in [7, 11) is 1.54. The summed E-state index contributed by atoms with van der Waals surface area (Å²) in [6, 6.07) is 0. The van der Waals surface area contributed by atoms with Crippen LogP contribution in [0.15, 0.2) is 0 Å². The first-order chi connectivity index (χ1) is 18.8. The second kappa shape index (κ2) is 11.4. The molecule has 3 unspecified atom stereocenters. The van der Waals surface area contributed by atoms with Crippen LogP contribution in [0.2, 0.25) is 0 Å². The number of esters is 1. The first-order valence-corrected chi connectivity index (χ1v) is 16.9. The van der Waals surface area contributed by atoms with E-state index in [1.54, 1.807) is 6.92 Å². The number of nitrogens with zero attached hydrogens (tertiary/aromatic N) is 1. The summed E-state index contributed by atoms with van der Waals surface area (Å²) < 4.78 is 17.4. The molecule has 0 bridgehead atoms. The molecule has 0 aromatic rings. The lowest BCUT2D eigenvalue weighted by Gasteiger charge is -2.59. The summed E-state index contributed by atoms with van der Waals surface area (Å²) >= 11 is 0. The van der Waals surface area contributed by atoms with Gasteiger partial charge in [0.05, 0.1) is 32.5 Å². The molecule has 6 heteroatoms. The van der Waals surface area contributed by atoms with Gasteiger partial charge in [0.15, 0.2) is 6.54 Å². The molecule has 5 fully saturated rings. The predicted octanol–water partition coefficient (Wildman–Crippen LogP) is 7.13. The number of fused-ring (bicyclic) bond motifs is 4. The van der Waals surface area contributed by atoms with E-state index >= 15 is 0 Å². The summed E-state index contributed by atoms with van der Waals surface area (Å²) in [5, 5.41) is 12.7. The van der Waals surface area contributed by atoms with Gasteiger partial charge in [-0.3, -0.25) is 0 Å². The first kappa shape index (κ1) is 30.8. The van der Waals surface area contributed by atoms with Crippen LogP contribution in [0.5, 0.6) is 0 Å². The molecule has 0 N–H and O–H groups in total. The fourth-order valence-electron chi connectivity index (χ4n) is 10.8. The van der Waals surface area contributed by atoms with E-state index in [9.17, 15) is 10.0 Å². The molecule has 4 saturated carbocycles. The number of carbonyl (C=O) groups excluding carboxylic acids is 1. The molecule has 4 aliphatic carbocycles. The topological polar surface area (TPSA) is 71.1 Å². The maximum Gasteiger partial charge on any atom is 0.362 e. The number of ether oxygens (including phenoxy) is 3. The SMILES string of the molecule is CCOC(=O)C[N+](C)([O-])CCO[C@H]1CC[C@]2(C)[C@H]3CC[C@]4(C)[C@@H]([C@H](C)CCCC(C)C)CC[C@H]4[C@@H]3CC3OC32C1. The predicted molar refractivity (Wildman–Crippen MR) is 158 cm³/mol. The van der Waals surface area contributed by atoms with Crippen LogP contribution in [0, 0.1) is 51.5 Å². The van der Waals surface area contributed by atoms with Gasteiger partial charge in [-0.05, 0) is 92.8 Å². The Labute approximate surface area is 244 Å². The number of hydroxylamine groups is 3. The smallest absolute Gasteiger partial charge is 0.362 e. The minimum Gasteiger partial charge on any atom is -0.633 e. The van der Waals surface area contributed by atoms with Crippen LogP contribution in [0.4, 0.5) is 0 Å². The maximum atomic E-state index is 12.7. The Morgan fingerprint density at radius 3 is 2.58 bits per heavy atom. The molecule has 0 amide bonds. The second-order valence-electron chi connectivity index (χ2n) is 15.8. The minimum absolute atomic E-state index is 0.0203. The zero-order valence-electron chi connectivity index (χ0n) is 26.7. The highest BCUT2D eigenvalue weighted by atomic mass is 16.6. The lowest BCUT2D eigenvalue weighted by atomic mass is 9.44. The zero-order valence-corrected chi connectivity index (χ0v) is 26.7. The molecule has 6 nitrogen and oxygen atoms in total. The third-order valence-electron chi connectivity index (χ3n) is 12.9. The molecule has 40 heavy (non-hydrogen) atoms. The first-order valence-electron chi connectivity index (χ1n) is 16.9. The largest absolute Gasteiger partial charge is 0.633 e. The van der Waals surface area contributed by atoms with Gasteiger partial charge < -0.3 is 24.1 Å². The highest BCUT2D eigenvalue weighted by Crippen LogP contribution is 2.74. The van der Waals surface area contributed by atoms with Gasteiger partial charge in [0.2, 0.25) is 0 Å². The van der Waals surface area contributed by atoms with E-state index in [4.69, 9.17) is 14.2 Å². The van der Waals surface area contributed by atoms with Gasteiger partial charge in [-0.25, -0.2) is 4.79 Å². The van der Waals surface area contributed by atoms with E-state index in [1.165, 1.54) is 64.8 Å². The van der Waals surface area contributed by atoms with Crippen molar-refractivity contribution in [2.24, 2.45) is 46.3 Å². The molecule has 5 aliphatic rings. The molecule has 0 aromatic carbocycles. The van der Waals surface area contributed by atoms with E-state index in [-0.39, 0.29) is 30.2 Å². The second-order valence-corrected chi connectivity index (χ2v) is 15.8. The number of carbonyl (C=O) groups is 1. The maximum absolute atomic E-state index is 12.7. The van der Waals surface area contributed by atoms with Gasteiger partial charge in [-0.2, -0.15) is 0 Å². The molecule has 1 heterocycles. The standard InChI is InChI=1S/C34H59NO5/c1-8-38-31(36)22-35(7,37)18-19-39-25-14-17-33(6)29-15-16-32(5)27(24(4)11-9-10-23(2)3)12-13-28(32)26(29)20-30-34(33,21-25)40-30/h23-30H,8-22H2,1-7H3/t24-,25+,26+,27-,28+,29+,30?,32-,33-,34?,35?/m1/s1. The summed E-state index contributed by atoms with van der Waals surface area (Å²) in [5.74, 6) is 4.57. The quantitative estimate of drug-likeness (QED) is 0.110. The Kier molecular flexibility index (Phi) is 8.79. The van der Waals surface area contributed by atoms with Crippen molar-refractivity contribution in [3.8, 4) is 0 Å². The molecule has 11 atom stereocenters. The molecule has 1 saturated heterocycles. The van der Waals surface area contributed by atoms with E-state index in [1.807, 2.05) is 0 Å². The summed E-state index contributed by atoms with van der Waals surface area (Å²) in [4.78, 5) is 11.8. The Balaban J connectivity index is 1.18. The fraction of sp³-hybridized carbons (Fsp3) is 0.971. The normalized spacial score (nSPS) is 44.1. The van der Waals surface area contributed by atoms with Crippen molar-refractivity contribution < 1.29 is 23.7 Å². The van der Waals surface area contributed by atoms with Crippen LogP contribution in [0.25, 0.3) is 0 Å². The highest BCUT2D eigenvalue weighted by Gasteiger charge is 2.76. The molecular formula is C34H59NO5. The van der Waals surface area contributed by atoms with Crippen molar-refractivity contribution in [1.29, 1.82) is 0 Å². The Bertz CT molecular complexity index is 907. The Morgan fingerprint density at radius 2 is 1.85 bits per heavy atom. The third kappa shape index (κ3) is 5.53. The van der Waals surface area contributed by atoms with Crippen LogP contribution in [-0.4, -0.2) is 61.8 Å².